The van der Waals surface area contributed by atoms with Crippen molar-refractivity contribution in [2.75, 3.05) is 46.4 Å². The van der Waals surface area contributed by atoms with Crippen LogP contribution in [0.2, 0.25) is 0 Å². The van der Waals surface area contributed by atoms with Crippen LogP contribution in [0.15, 0.2) is 24.3 Å². The smallest absolute Gasteiger partial charge is 0.253 e. The lowest BCUT2D eigenvalue weighted by Gasteiger charge is -2.36. The van der Waals surface area contributed by atoms with Gasteiger partial charge in [0.1, 0.15) is 5.75 Å². The van der Waals surface area contributed by atoms with E-state index in [4.69, 9.17) is 4.74 Å². The monoisotopic (exact) mass is 373 g/mol. The number of hydrogen-bond donors (Lipinski definition) is 1. The van der Waals surface area contributed by atoms with E-state index >= 15 is 0 Å². The Bertz CT molecular complexity index is 633. The molecular weight excluding hydrogens is 342 g/mol. The van der Waals surface area contributed by atoms with Crippen LogP contribution in [0.5, 0.6) is 5.75 Å². The third kappa shape index (κ3) is 5.01. The summed E-state index contributed by atoms with van der Waals surface area (Å²) in [4.78, 5) is 29.0. The molecule has 2 aliphatic heterocycles. The molecule has 0 saturated carbocycles. The summed E-state index contributed by atoms with van der Waals surface area (Å²) in [5.41, 5.74) is 0.661. The number of carbonyl (C=O) groups excluding carboxylic acids is 2. The van der Waals surface area contributed by atoms with Crippen molar-refractivity contribution in [3.63, 3.8) is 0 Å². The molecule has 1 N–H and O–H groups in total. The highest BCUT2D eigenvalue weighted by Crippen LogP contribution is 2.23. The minimum Gasteiger partial charge on any atom is -0.497 e. The zero-order valence-corrected chi connectivity index (χ0v) is 16.4. The molecule has 1 aromatic carbocycles. The third-order valence-electron chi connectivity index (χ3n) is 5.89. The van der Waals surface area contributed by atoms with Gasteiger partial charge < -0.3 is 19.9 Å². The average Bonchev–Trinajstić information content (AvgIpc) is 2.74. The molecule has 2 saturated heterocycles. The number of nitrogens with one attached hydrogen (secondary N) is 1. The highest BCUT2D eigenvalue weighted by Gasteiger charge is 2.28. The van der Waals surface area contributed by atoms with Crippen molar-refractivity contribution in [3.05, 3.63) is 29.8 Å². The van der Waals surface area contributed by atoms with E-state index < -0.39 is 0 Å². The first-order chi connectivity index (χ1) is 13.1. The summed E-state index contributed by atoms with van der Waals surface area (Å²) in [5.74, 6) is 1.99. The molecule has 2 heterocycles. The van der Waals surface area contributed by atoms with Crippen molar-refractivity contribution in [2.24, 2.45) is 11.8 Å². The number of nitrogens with zero attached hydrogens (tertiary/aromatic N) is 2. The molecule has 3 rings (SSSR count). The molecule has 2 unspecified atom stereocenters. The van der Waals surface area contributed by atoms with Crippen LogP contribution < -0.4 is 10.1 Å². The second-order valence-corrected chi connectivity index (χ2v) is 7.69. The molecule has 0 spiro atoms. The predicted octanol–water partition coefficient (Wildman–Crippen LogP) is 2.01. The Hall–Kier alpha value is -2.08. The number of benzene rings is 1. The molecule has 6 heteroatoms. The first kappa shape index (κ1) is 19.7. The van der Waals surface area contributed by atoms with Gasteiger partial charge in [0.15, 0.2) is 0 Å². The number of methoxy groups -OCH3 is 1. The van der Waals surface area contributed by atoms with Gasteiger partial charge in [0.25, 0.3) is 5.91 Å². The normalized spacial score (nSPS) is 21.6. The molecule has 0 aromatic heterocycles. The van der Waals surface area contributed by atoms with Gasteiger partial charge in [0, 0.05) is 38.2 Å². The lowest BCUT2D eigenvalue weighted by Crippen LogP contribution is -2.51. The van der Waals surface area contributed by atoms with Gasteiger partial charge in [-0.3, -0.25) is 9.59 Å². The van der Waals surface area contributed by atoms with Gasteiger partial charge in [0.2, 0.25) is 5.91 Å². The number of hydrogen-bond acceptors (Lipinski definition) is 4. The number of ether oxygens (including phenoxy) is 1. The molecular formula is C21H31N3O3. The topological polar surface area (TPSA) is 61.9 Å². The van der Waals surface area contributed by atoms with Crippen molar-refractivity contribution < 1.29 is 14.3 Å². The summed E-state index contributed by atoms with van der Waals surface area (Å²) in [7, 11) is 1.61. The molecule has 1 aromatic rings. The fourth-order valence-electron chi connectivity index (χ4n) is 4.01. The Balaban J connectivity index is 1.47. The largest absolute Gasteiger partial charge is 0.497 e. The van der Waals surface area contributed by atoms with Gasteiger partial charge in [0.05, 0.1) is 7.11 Å². The number of piperazine rings is 1. The molecule has 2 atom stereocenters. The van der Waals surface area contributed by atoms with Crippen LogP contribution in [0.4, 0.5) is 0 Å². The van der Waals surface area contributed by atoms with Crippen LogP contribution in [-0.2, 0) is 4.79 Å². The lowest BCUT2D eigenvalue weighted by molar-refractivity contribution is -0.134. The number of piperidine rings is 1. The minimum atomic E-state index is 0.0198. The Morgan fingerprint density at radius 1 is 1.15 bits per heavy atom. The van der Waals surface area contributed by atoms with E-state index in [-0.39, 0.29) is 11.8 Å². The Morgan fingerprint density at radius 3 is 2.41 bits per heavy atom. The highest BCUT2D eigenvalue weighted by molar-refractivity contribution is 5.94. The Morgan fingerprint density at radius 2 is 1.81 bits per heavy atom. The molecule has 2 aliphatic rings. The van der Waals surface area contributed by atoms with Crippen LogP contribution in [0, 0.1) is 11.8 Å². The first-order valence-corrected chi connectivity index (χ1v) is 10.0. The van der Waals surface area contributed by atoms with E-state index in [1.165, 1.54) is 12.8 Å². The minimum absolute atomic E-state index is 0.0198. The fourth-order valence-corrected chi connectivity index (χ4v) is 4.01. The second-order valence-electron chi connectivity index (χ2n) is 7.69. The standard InChI is InChI=1S/C21H31N3O3/c1-16(18-4-3-9-22-15-18)14-20(25)23-10-12-24(13-11-23)21(26)17-5-7-19(27-2)8-6-17/h5-8,16,18,22H,3-4,9-15H2,1-2H3. The summed E-state index contributed by atoms with van der Waals surface area (Å²) < 4.78 is 5.14. The number of carbonyl (C=O) groups is 2. The Labute approximate surface area is 161 Å². The van der Waals surface area contributed by atoms with Crippen molar-refractivity contribution in [2.45, 2.75) is 26.2 Å². The summed E-state index contributed by atoms with van der Waals surface area (Å²) >= 11 is 0. The molecule has 0 radical (unpaired) electrons. The van der Waals surface area contributed by atoms with Gasteiger partial charge in [-0.05, 0) is 62.0 Å². The number of amides is 2. The van der Waals surface area contributed by atoms with Gasteiger partial charge >= 0.3 is 0 Å². The van der Waals surface area contributed by atoms with Crippen LogP contribution in [0.25, 0.3) is 0 Å². The van der Waals surface area contributed by atoms with Crippen LogP contribution in [0.3, 0.4) is 0 Å². The maximum absolute atomic E-state index is 12.7. The molecule has 0 aliphatic carbocycles. The summed E-state index contributed by atoms with van der Waals surface area (Å²) in [6.07, 6.45) is 3.03. The van der Waals surface area contributed by atoms with Gasteiger partial charge in [-0.25, -0.2) is 0 Å². The summed E-state index contributed by atoms with van der Waals surface area (Å²) in [6.45, 7) is 6.75. The first-order valence-electron chi connectivity index (χ1n) is 10.0. The van der Waals surface area contributed by atoms with Gasteiger partial charge in [-0.1, -0.05) is 6.92 Å². The fraction of sp³-hybridized carbons (Fsp3) is 0.619. The van der Waals surface area contributed by atoms with Crippen molar-refractivity contribution in [1.82, 2.24) is 15.1 Å². The lowest BCUT2D eigenvalue weighted by atomic mass is 9.85. The molecule has 0 bridgehead atoms. The maximum atomic E-state index is 12.7. The molecule has 148 valence electrons. The van der Waals surface area contributed by atoms with E-state index in [0.717, 1.165) is 18.8 Å². The van der Waals surface area contributed by atoms with E-state index in [2.05, 4.69) is 12.2 Å². The summed E-state index contributed by atoms with van der Waals surface area (Å²) in [5, 5.41) is 3.43. The number of rotatable bonds is 5. The molecule has 27 heavy (non-hydrogen) atoms. The maximum Gasteiger partial charge on any atom is 0.253 e. The van der Waals surface area contributed by atoms with E-state index in [9.17, 15) is 9.59 Å². The molecule has 2 fully saturated rings. The zero-order chi connectivity index (χ0) is 19.2. The van der Waals surface area contributed by atoms with Crippen molar-refractivity contribution >= 4 is 11.8 Å². The van der Waals surface area contributed by atoms with Crippen LogP contribution in [0.1, 0.15) is 36.5 Å². The third-order valence-corrected chi connectivity index (χ3v) is 5.89. The summed E-state index contributed by atoms with van der Waals surface area (Å²) in [6, 6.07) is 7.18. The zero-order valence-electron chi connectivity index (χ0n) is 16.4. The van der Waals surface area contributed by atoms with Crippen LogP contribution >= 0.6 is 0 Å². The quantitative estimate of drug-likeness (QED) is 0.858. The molecule has 2 amide bonds. The van der Waals surface area contributed by atoms with Crippen molar-refractivity contribution in [1.29, 1.82) is 0 Å². The van der Waals surface area contributed by atoms with E-state index in [1.807, 2.05) is 9.80 Å². The predicted molar refractivity (Wildman–Crippen MR) is 105 cm³/mol. The van der Waals surface area contributed by atoms with Gasteiger partial charge in [-0.15, -0.1) is 0 Å². The second kappa shape index (κ2) is 9.22. The Kier molecular flexibility index (Phi) is 6.72. The van der Waals surface area contributed by atoms with E-state index in [1.54, 1.807) is 31.4 Å². The molecule has 6 nitrogen and oxygen atoms in total. The highest BCUT2D eigenvalue weighted by atomic mass is 16.5. The van der Waals surface area contributed by atoms with Crippen molar-refractivity contribution in [3.8, 4) is 5.75 Å². The van der Waals surface area contributed by atoms with Gasteiger partial charge in [-0.2, -0.15) is 0 Å². The average molecular weight is 373 g/mol. The van der Waals surface area contributed by atoms with E-state index in [0.29, 0.717) is 50.0 Å². The SMILES string of the molecule is COc1ccc(C(=O)N2CCN(C(=O)CC(C)C3CCCNC3)CC2)cc1. The van der Waals surface area contributed by atoms with Crippen LogP contribution in [-0.4, -0.2) is 68.0 Å².